The van der Waals surface area contributed by atoms with Crippen LogP contribution in [0.3, 0.4) is 0 Å². The van der Waals surface area contributed by atoms with Gasteiger partial charge in [0.2, 0.25) is 5.91 Å². The van der Waals surface area contributed by atoms with Crippen molar-refractivity contribution < 1.29 is 14.3 Å². The monoisotopic (exact) mass is 228 g/mol. The summed E-state index contributed by atoms with van der Waals surface area (Å²) in [5.74, 6) is -0.373. The summed E-state index contributed by atoms with van der Waals surface area (Å²) in [4.78, 5) is 24.2. The van der Waals surface area contributed by atoms with Gasteiger partial charge in [0.05, 0.1) is 6.04 Å². The van der Waals surface area contributed by atoms with Gasteiger partial charge in [0, 0.05) is 20.4 Å². The average Bonchev–Trinajstić information content (AvgIpc) is 2.27. The van der Waals surface area contributed by atoms with E-state index in [9.17, 15) is 9.59 Å². The summed E-state index contributed by atoms with van der Waals surface area (Å²) in [6.45, 7) is 4.52. The number of amides is 1. The third-order valence-corrected chi connectivity index (χ3v) is 2.70. The molecular formula is C11H20N2O3. The molecule has 1 amide bonds. The fourth-order valence-electron chi connectivity index (χ4n) is 2.05. The lowest BCUT2D eigenvalue weighted by molar-refractivity contribution is -0.149. The molecule has 1 heterocycles. The summed E-state index contributed by atoms with van der Waals surface area (Å²) in [6, 6.07) is -0.0636. The first-order chi connectivity index (χ1) is 7.49. The molecule has 0 spiro atoms. The zero-order chi connectivity index (χ0) is 12.1. The van der Waals surface area contributed by atoms with Gasteiger partial charge in [-0.3, -0.25) is 9.59 Å². The molecule has 0 radical (unpaired) electrons. The fraction of sp³-hybridized carbons (Fsp3) is 0.818. The highest BCUT2D eigenvalue weighted by Gasteiger charge is 2.28. The summed E-state index contributed by atoms with van der Waals surface area (Å²) in [6.07, 6.45) is 1.61. The van der Waals surface area contributed by atoms with Crippen molar-refractivity contribution in [3.63, 3.8) is 0 Å². The minimum absolute atomic E-state index is 0.0636. The molecule has 16 heavy (non-hydrogen) atoms. The van der Waals surface area contributed by atoms with Crippen molar-refractivity contribution in [2.75, 3.05) is 20.1 Å². The first-order valence-electron chi connectivity index (χ1n) is 5.62. The number of ether oxygens (including phenoxy) is 1. The minimum atomic E-state index is -0.296. The van der Waals surface area contributed by atoms with Gasteiger partial charge in [0.25, 0.3) is 0 Å². The molecule has 1 saturated heterocycles. The average molecular weight is 228 g/mol. The quantitative estimate of drug-likeness (QED) is 0.683. The van der Waals surface area contributed by atoms with E-state index in [0.29, 0.717) is 6.54 Å². The van der Waals surface area contributed by atoms with Crippen molar-refractivity contribution in [1.29, 1.82) is 0 Å². The number of carbonyl (C=O) groups is 2. The highest BCUT2D eigenvalue weighted by atomic mass is 16.5. The normalized spacial score (nSPS) is 26.9. The Morgan fingerprint density at radius 1 is 1.38 bits per heavy atom. The molecule has 92 valence electrons. The largest absolute Gasteiger partial charge is 0.459 e. The van der Waals surface area contributed by atoms with Crippen LogP contribution in [-0.4, -0.2) is 49.1 Å². The molecule has 1 fully saturated rings. The van der Waals surface area contributed by atoms with Gasteiger partial charge >= 0.3 is 5.97 Å². The van der Waals surface area contributed by atoms with E-state index >= 15 is 0 Å². The molecule has 0 aromatic heterocycles. The summed E-state index contributed by atoms with van der Waals surface area (Å²) in [5, 5.41) is 2.85. The first kappa shape index (κ1) is 13.0. The van der Waals surface area contributed by atoms with E-state index in [1.54, 1.807) is 0 Å². The Kier molecular flexibility index (Phi) is 4.73. The maximum Gasteiger partial charge on any atom is 0.303 e. The molecular weight excluding hydrogens is 208 g/mol. The van der Waals surface area contributed by atoms with Crippen molar-refractivity contribution in [2.24, 2.45) is 0 Å². The summed E-state index contributed by atoms with van der Waals surface area (Å²) >= 11 is 0. The Morgan fingerprint density at radius 3 is 2.62 bits per heavy atom. The molecule has 2 atom stereocenters. The number of carbonyl (C=O) groups excluding carboxylic acids is 2. The second-order valence-corrected chi connectivity index (χ2v) is 4.36. The SMILES string of the molecule is CC(=O)N[C@@H]1CCCN(C)C[C@@H]1OC(C)=O. The lowest BCUT2D eigenvalue weighted by Crippen LogP contribution is -2.47. The number of likely N-dealkylation sites (N-methyl/N-ethyl adjacent to an activating group) is 1. The first-order valence-corrected chi connectivity index (χ1v) is 5.62. The fourth-order valence-corrected chi connectivity index (χ4v) is 2.05. The Labute approximate surface area is 96.1 Å². The number of hydrogen-bond donors (Lipinski definition) is 1. The van der Waals surface area contributed by atoms with E-state index in [0.717, 1.165) is 19.4 Å². The van der Waals surface area contributed by atoms with Crippen molar-refractivity contribution in [3.8, 4) is 0 Å². The van der Waals surface area contributed by atoms with E-state index in [2.05, 4.69) is 10.2 Å². The maximum atomic E-state index is 11.1. The van der Waals surface area contributed by atoms with Gasteiger partial charge in [-0.25, -0.2) is 0 Å². The summed E-state index contributed by atoms with van der Waals surface area (Å²) in [5.41, 5.74) is 0. The molecule has 0 aromatic carbocycles. The van der Waals surface area contributed by atoms with Crippen molar-refractivity contribution in [1.82, 2.24) is 10.2 Å². The van der Waals surface area contributed by atoms with Gasteiger partial charge in [-0.15, -0.1) is 0 Å². The van der Waals surface area contributed by atoms with Crippen LogP contribution >= 0.6 is 0 Å². The lowest BCUT2D eigenvalue weighted by Gasteiger charge is -2.26. The van der Waals surface area contributed by atoms with E-state index < -0.39 is 0 Å². The zero-order valence-electron chi connectivity index (χ0n) is 10.2. The third-order valence-electron chi connectivity index (χ3n) is 2.70. The van der Waals surface area contributed by atoms with E-state index in [-0.39, 0.29) is 24.0 Å². The van der Waals surface area contributed by atoms with Crippen LogP contribution in [0.5, 0.6) is 0 Å². The maximum absolute atomic E-state index is 11.1. The van der Waals surface area contributed by atoms with E-state index in [4.69, 9.17) is 4.74 Å². The van der Waals surface area contributed by atoms with Gasteiger partial charge in [-0.1, -0.05) is 0 Å². The number of nitrogens with one attached hydrogen (secondary N) is 1. The number of likely N-dealkylation sites (tertiary alicyclic amines) is 1. The van der Waals surface area contributed by atoms with Crippen LogP contribution in [-0.2, 0) is 14.3 Å². The van der Waals surface area contributed by atoms with Crippen molar-refractivity contribution >= 4 is 11.9 Å². The van der Waals surface area contributed by atoms with Gasteiger partial charge < -0.3 is 15.0 Å². The standard InChI is InChI=1S/C11H20N2O3/c1-8(14)12-10-5-4-6-13(3)7-11(10)16-9(2)15/h10-11H,4-7H2,1-3H3,(H,12,14)/t10-,11+/m1/s1. The van der Waals surface area contributed by atoms with Crippen LogP contribution in [0.1, 0.15) is 26.7 Å². The molecule has 1 aliphatic rings. The van der Waals surface area contributed by atoms with Crippen molar-refractivity contribution in [3.05, 3.63) is 0 Å². The second-order valence-electron chi connectivity index (χ2n) is 4.36. The molecule has 0 saturated carbocycles. The Morgan fingerprint density at radius 2 is 2.06 bits per heavy atom. The predicted molar refractivity (Wildman–Crippen MR) is 59.9 cm³/mol. The highest BCUT2D eigenvalue weighted by molar-refractivity contribution is 5.73. The van der Waals surface area contributed by atoms with Gasteiger partial charge in [0.15, 0.2) is 0 Å². The topological polar surface area (TPSA) is 58.6 Å². The van der Waals surface area contributed by atoms with Gasteiger partial charge in [-0.05, 0) is 26.4 Å². The summed E-state index contributed by atoms with van der Waals surface area (Å²) in [7, 11) is 1.99. The van der Waals surface area contributed by atoms with Gasteiger partial charge in [0.1, 0.15) is 6.10 Å². The zero-order valence-corrected chi connectivity index (χ0v) is 10.2. The van der Waals surface area contributed by atoms with Crippen LogP contribution in [0.25, 0.3) is 0 Å². The molecule has 1 N–H and O–H groups in total. The number of esters is 1. The van der Waals surface area contributed by atoms with Crippen LogP contribution < -0.4 is 5.32 Å². The smallest absolute Gasteiger partial charge is 0.303 e. The molecule has 0 bridgehead atoms. The van der Waals surface area contributed by atoms with Crippen LogP contribution in [0.4, 0.5) is 0 Å². The Balaban J connectivity index is 2.66. The van der Waals surface area contributed by atoms with Gasteiger partial charge in [-0.2, -0.15) is 0 Å². The van der Waals surface area contributed by atoms with Crippen LogP contribution in [0, 0.1) is 0 Å². The van der Waals surface area contributed by atoms with Crippen molar-refractivity contribution in [2.45, 2.75) is 38.8 Å². The third kappa shape index (κ3) is 4.18. The Bertz CT molecular complexity index is 268. The van der Waals surface area contributed by atoms with Crippen LogP contribution in [0.15, 0.2) is 0 Å². The molecule has 0 aliphatic carbocycles. The number of nitrogens with zero attached hydrogens (tertiary/aromatic N) is 1. The molecule has 5 heteroatoms. The Hall–Kier alpha value is -1.10. The highest BCUT2D eigenvalue weighted by Crippen LogP contribution is 2.13. The molecule has 5 nitrogen and oxygen atoms in total. The molecule has 1 aliphatic heterocycles. The summed E-state index contributed by atoms with van der Waals surface area (Å²) < 4.78 is 5.26. The molecule has 0 unspecified atom stereocenters. The number of hydrogen-bond acceptors (Lipinski definition) is 4. The van der Waals surface area contributed by atoms with E-state index in [1.807, 2.05) is 7.05 Å². The van der Waals surface area contributed by atoms with Crippen LogP contribution in [0.2, 0.25) is 0 Å². The number of rotatable bonds is 2. The predicted octanol–water partition coefficient (Wildman–Crippen LogP) is 0.148. The second kappa shape index (κ2) is 5.84. The van der Waals surface area contributed by atoms with E-state index in [1.165, 1.54) is 13.8 Å². The lowest BCUT2D eigenvalue weighted by atomic mass is 10.1. The molecule has 1 rings (SSSR count). The minimum Gasteiger partial charge on any atom is -0.459 e. The molecule has 0 aromatic rings.